The standard InChI is InChI=1S/C11H12FO/c1-8(9(2)13)6-10-4-3-5-11(12)7-10/h3-4,7-8H,6H2,1-2H3. The van der Waals surface area contributed by atoms with Crippen LogP contribution in [0.4, 0.5) is 4.39 Å². The molecule has 1 aromatic rings. The number of carbonyl (C=O) groups is 1. The first kappa shape index (κ1) is 9.90. The topological polar surface area (TPSA) is 17.1 Å². The summed E-state index contributed by atoms with van der Waals surface area (Å²) >= 11 is 0. The van der Waals surface area contributed by atoms with Gasteiger partial charge in [0.05, 0.1) is 0 Å². The molecule has 0 aliphatic heterocycles. The van der Waals surface area contributed by atoms with Gasteiger partial charge in [0.15, 0.2) is 0 Å². The maximum atomic E-state index is 12.7. The molecule has 1 nitrogen and oxygen atoms in total. The summed E-state index contributed by atoms with van der Waals surface area (Å²) in [4.78, 5) is 10.9. The van der Waals surface area contributed by atoms with Crippen molar-refractivity contribution in [3.05, 3.63) is 35.6 Å². The number of hydrogen-bond acceptors (Lipinski definition) is 1. The van der Waals surface area contributed by atoms with Crippen molar-refractivity contribution in [2.75, 3.05) is 0 Å². The molecule has 1 atom stereocenters. The Morgan fingerprint density at radius 3 is 2.92 bits per heavy atom. The van der Waals surface area contributed by atoms with E-state index in [4.69, 9.17) is 0 Å². The van der Waals surface area contributed by atoms with Crippen LogP contribution in [0.3, 0.4) is 0 Å². The molecule has 69 valence electrons. The summed E-state index contributed by atoms with van der Waals surface area (Å²) in [6.45, 7) is 3.40. The van der Waals surface area contributed by atoms with Crippen LogP contribution in [0.5, 0.6) is 0 Å². The highest BCUT2D eigenvalue weighted by Gasteiger charge is 2.08. The predicted molar refractivity (Wildman–Crippen MR) is 48.8 cm³/mol. The molecular formula is C11H12FO. The van der Waals surface area contributed by atoms with Crippen LogP contribution < -0.4 is 0 Å². The number of ketones is 1. The fourth-order valence-corrected chi connectivity index (χ4v) is 1.11. The summed E-state index contributed by atoms with van der Waals surface area (Å²) in [5, 5.41) is 0. The van der Waals surface area contributed by atoms with Crippen LogP contribution in [0.2, 0.25) is 0 Å². The van der Waals surface area contributed by atoms with Crippen molar-refractivity contribution in [3.8, 4) is 0 Å². The minimum Gasteiger partial charge on any atom is -0.300 e. The number of halogens is 1. The van der Waals surface area contributed by atoms with Crippen molar-refractivity contribution >= 4 is 5.78 Å². The van der Waals surface area contributed by atoms with Gasteiger partial charge in [-0.3, -0.25) is 4.79 Å². The van der Waals surface area contributed by atoms with Crippen LogP contribution in [0.15, 0.2) is 18.2 Å². The van der Waals surface area contributed by atoms with E-state index in [2.05, 4.69) is 6.07 Å². The average molecular weight is 179 g/mol. The Morgan fingerprint density at radius 2 is 2.38 bits per heavy atom. The second-order valence-corrected chi connectivity index (χ2v) is 3.26. The van der Waals surface area contributed by atoms with E-state index in [0.717, 1.165) is 5.56 Å². The lowest BCUT2D eigenvalue weighted by atomic mass is 9.98. The first-order chi connectivity index (χ1) is 6.09. The van der Waals surface area contributed by atoms with Gasteiger partial charge in [-0.15, -0.1) is 0 Å². The zero-order valence-electron chi connectivity index (χ0n) is 7.80. The highest BCUT2D eigenvalue weighted by Crippen LogP contribution is 2.10. The van der Waals surface area contributed by atoms with Crippen LogP contribution in [0.25, 0.3) is 0 Å². The van der Waals surface area contributed by atoms with Crippen LogP contribution in [-0.2, 0) is 11.2 Å². The van der Waals surface area contributed by atoms with Gasteiger partial charge < -0.3 is 0 Å². The molecule has 0 bridgehead atoms. The molecule has 0 N–H and O–H groups in total. The molecule has 1 aromatic carbocycles. The zero-order chi connectivity index (χ0) is 9.84. The van der Waals surface area contributed by atoms with E-state index in [1.54, 1.807) is 13.0 Å². The number of hydrogen-bond donors (Lipinski definition) is 0. The van der Waals surface area contributed by atoms with Gasteiger partial charge in [-0.25, -0.2) is 4.39 Å². The van der Waals surface area contributed by atoms with Gasteiger partial charge in [-0.05, 0) is 25.0 Å². The SMILES string of the molecule is CC(=O)C(C)Cc1cc[c]c(F)c1. The number of Topliss-reactive ketones (excluding diaryl/α,β-unsaturated/α-hetero) is 1. The zero-order valence-corrected chi connectivity index (χ0v) is 7.80. The van der Waals surface area contributed by atoms with E-state index < -0.39 is 0 Å². The first-order valence-corrected chi connectivity index (χ1v) is 4.26. The Balaban J connectivity index is 2.69. The van der Waals surface area contributed by atoms with Gasteiger partial charge in [0, 0.05) is 12.0 Å². The van der Waals surface area contributed by atoms with Crippen molar-refractivity contribution in [2.24, 2.45) is 5.92 Å². The lowest BCUT2D eigenvalue weighted by Crippen LogP contribution is -2.09. The smallest absolute Gasteiger partial charge is 0.132 e. The summed E-state index contributed by atoms with van der Waals surface area (Å²) in [6.07, 6.45) is 0.598. The van der Waals surface area contributed by atoms with E-state index in [-0.39, 0.29) is 17.5 Å². The molecule has 0 aliphatic carbocycles. The third-order valence-corrected chi connectivity index (χ3v) is 2.07. The predicted octanol–water partition coefficient (Wildman–Crippen LogP) is 2.39. The van der Waals surface area contributed by atoms with Crippen molar-refractivity contribution in [3.63, 3.8) is 0 Å². The van der Waals surface area contributed by atoms with Gasteiger partial charge in [-0.1, -0.05) is 19.1 Å². The van der Waals surface area contributed by atoms with E-state index >= 15 is 0 Å². The monoisotopic (exact) mass is 179 g/mol. The molecule has 1 rings (SSSR count). The molecule has 0 fully saturated rings. The maximum absolute atomic E-state index is 12.7. The molecule has 0 aromatic heterocycles. The summed E-state index contributed by atoms with van der Waals surface area (Å²) in [5.74, 6) is -0.275. The molecule has 0 saturated heterocycles. The third-order valence-electron chi connectivity index (χ3n) is 2.07. The quantitative estimate of drug-likeness (QED) is 0.696. The molecule has 1 radical (unpaired) electrons. The second-order valence-electron chi connectivity index (χ2n) is 3.26. The second kappa shape index (κ2) is 4.17. The van der Waals surface area contributed by atoms with Crippen LogP contribution in [-0.4, -0.2) is 5.78 Å². The molecule has 0 amide bonds. The minimum absolute atomic E-state index is 0.0400. The largest absolute Gasteiger partial charge is 0.300 e. The molecule has 0 spiro atoms. The summed E-state index contributed by atoms with van der Waals surface area (Å²) in [5.41, 5.74) is 0.846. The summed E-state index contributed by atoms with van der Waals surface area (Å²) < 4.78 is 12.7. The van der Waals surface area contributed by atoms with Crippen molar-refractivity contribution in [1.82, 2.24) is 0 Å². The molecule has 0 saturated carbocycles. The van der Waals surface area contributed by atoms with Crippen molar-refractivity contribution in [1.29, 1.82) is 0 Å². The van der Waals surface area contributed by atoms with E-state index in [1.807, 2.05) is 6.92 Å². The Kier molecular flexibility index (Phi) is 3.18. The molecular weight excluding hydrogens is 167 g/mol. The van der Waals surface area contributed by atoms with Gasteiger partial charge >= 0.3 is 0 Å². The molecule has 0 heterocycles. The van der Waals surface area contributed by atoms with Gasteiger partial charge in [-0.2, -0.15) is 0 Å². The lowest BCUT2D eigenvalue weighted by molar-refractivity contribution is -0.120. The van der Waals surface area contributed by atoms with Gasteiger partial charge in [0.1, 0.15) is 11.6 Å². The van der Waals surface area contributed by atoms with Gasteiger partial charge in [0.2, 0.25) is 0 Å². The van der Waals surface area contributed by atoms with Gasteiger partial charge in [0.25, 0.3) is 0 Å². The van der Waals surface area contributed by atoms with Crippen LogP contribution in [0.1, 0.15) is 19.4 Å². The highest BCUT2D eigenvalue weighted by atomic mass is 19.1. The number of rotatable bonds is 3. The lowest BCUT2D eigenvalue weighted by Gasteiger charge is -2.06. The Hall–Kier alpha value is -1.18. The minimum atomic E-state index is -0.367. The molecule has 13 heavy (non-hydrogen) atoms. The van der Waals surface area contributed by atoms with E-state index in [9.17, 15) is 9.18 Å². The van der Waals surface area contributed by atoms with Crippen molar-refractivity contribution < 1.29 is 9.18 Å². The Labute approximate surface area is 77.6 Å². The third kappa shape index (κ3) is 2.98. The van der Waals surface area contributed by atoms with Crippen molar-refractivity contribution in [2.45, 2.75) is 20.3 Å². The summed E-state index contributed by atoms with van der Waals surface area (Å²) in [7, 11) is 0. The first-order valence-electron chi connectivity index (χ1n) is 4.26. The maximum Gasteiger partial charge on any atom is 0.132 e. The summed E-state index contributed by atoms with van der Waals surface area (Å²) in [6, 6.07) is 7.16. The fraction of sp³-hybridized carbons (Fsp3) is 0.364. The van der Waals surface area contributed by atoms with Crippen LogP contribution >= 0.6 is 0 Å². The molecule has 1 unspecified atom stereocenters. The Morgan fingerprint density at radius 1 is 1.69 bits per heavy atom. The normalized spacial score (nSPS) is 12.5. The van der Waals surface area contributed by atoms with E-state index in [1.165, 1.54) is 12.1 Å². The van der Waals surface area contributed by atoms with E-state index in [0.29, 0.717) is 6.42 Å². The highest BCUT2D eigenvalue weighted by molar-refractivity contribution is 5.78. The molecule has 0 aliphatic rings. The average Bonchev–Trinajstić information content (AvgIpc) is 2.04. The number of carbonyl (C=O) groups excluding carboxylic acids is 1. The Bertz CT molecular complexity index is 307. The van der Waals surface area contributed by atoms with Crippen LogP contribution in [0, 0.1) is 17.8 Å². The number of benzene rings is 1. The fourth-order valence-electron chi connectivity index (χ4n) is 1.11. The molecule has 2 heteroatoms.